The number of aromatic nitrogens is 4. The highest BCUT2D eigenvalue weighted by molar-refractivity contribution is 6.19. The molecule has 0 saturated carbocycles. The topological polar surface area (TPSA) is 69.8 Å². The van der Waals surface area contributed by atoms with Crippen molar-refractivity contribution < 1.29 is 0 Å². The molecule has 0 fully saturated rings. The number of benzene rings is 2. The number of fused-ring (bicyclic) bond motifs is 5. The van der Waals surface area contributed by atoms with Crippen LogP contribution in [0.3, 0.4) is 0 Å². The zero-order valence-corrected chi connectivity index (χ0v) is 13.1. The second-order valence-corrected chi connectivity index (χ2v) is 6.04. The van der Waals surface area contributed by atoms with Gasteiger partial charge < -0.3 is 0 Å². The van der Waals surface area contributed by atoms with Gasteiger partial charge in [-0.2, -0.15) is 0 Å². The number of hydrogen-bond donors (Lipinski definition) is 0. The molecular weight excluding hydrogens is 304 g/mol. The maximum absolute atomic E-state index is 12.8. The van der Waals surface area contributed by atoms with Crippen LogP contribution in [-0.2, 0) is 14.1 Å². The van der Waals surface area contributed by atoms with Gasteiger partial charge in [0.1, 0.15) is 5.69 Å². The molecule has 0 N–H and O–H groups in total. The highest BCUT2D eigenvalue weighted by atomic mass is 16.2. The van der Waals surface area contributed by atoms with Crippen LogP contribution in [0.25, 0.3) is 44.2 Å². The molecule has 2 aromatic heterocycles. The fourth-order valence-corrected chi connectivity index (χ4v) is 3.63. The lowest BCUT2D eigenvalue weighted by Crippen LogP contribution is -2.37. The standard InChI is InChI=1S/C18H12N4O2/c1-21-16-14(17(23)22(2)18(21)24)13-10-7-3-5-9-6-4-8-11(12(9)10)15(13)19-20-16/h3-8H,1-2H3. The molecule has 0 saturated heterocycles. The van der Waals surface area contributed by atoms with E-state index in [9.17, 15) is 9.59 Å². The van der Waals surface area contributed by atoms with Crippen LogP contribution in [0.1, 0.15) is 0 Å². The second kappa shape index (κ2) is 4.17. The van der Waals surface area contributed by atoms with Crippen molar-refractivity contribution in [2.24, 2.45) is 14.1 Å². The van der Waals surface area contributed by atoms with Gasteiger partial charge >= 0.3 is 5.69 Å². The van der Waals surface area contributed by atoms with Gasteiger partial charge in [0.15, 0.2) is 5.65 Å². The predicted molar refractivity (Wildman–Crippen MR) is 92.0 cm³/mol. The van der Waals surface area contributed by atoms with Crippen LogP contribution in [-0.4, -0.2) is 19.3 Å². The lowest BCUT2D eigenvalue weighted by Gasteiger charge is -2.09. The van der Waals surface area contributed by atoms with Gasteiger partial charge in [-0.15, -0.1) is 10.2 Å². The minimum absolute atomic E-state index is 0.312. The van der Waals surface area contributed by atoms with E-state index in [1.54, 1.807) is 7.05 Å². The molecule has 0 amide bonds. The third-order valence-corrected chi connectivity index (χ3v) is 4.79. The van der Waals surface area contributed by atoms with Crippen molar-refractivity contribution in [3.05, 3.63) is 57.2 Å². The molecule has 0 radical (unpaired) electrons. The van der Waals surface area contributed by atoms with Gasteiger partial charge in [0, 0.05) is 25.2 Å². The van der Waals surface area contributed by atoms with E-state index in [-0.39, 0.29) is 5.56 Å². The zero-order chi connectivity index (χ0) is 16.6. The summed E-state index contributed by atoms with van der Waals surface area (Å²) in [5, 5.41) is 11.1. The Morgan fingerprint density at radius 1 is 0.833 bits per heavy atom. The molecule has 6 heteroatoms. The lowest BCUT2D eigenvalue weighted by molar-refractivity contribution is 0.703. The zero-order valence-electron chi connectivity index (χ0n) is 13.1. The van der Waals surface area contributed by atoms with Crippen LogP contribution in [0, 0.1) is 0 Å². The Morgan fingerprint density at radius 2 is 1.54 bits per heavy atom. The Hall–Kier alpha value is -3.28. The largest absolute Gasteiger partial charge is 0.332 e. The van der Waals surface area contributed by atoms with Gasteiger partial charge in [0.25, 0.3) is 5.56 Å². The number of rotatable bonds is 0. The minimum Gasteiger partial charge on any atom is -0.279 e. The first-order valence-electron chi connectivity index (χ1n) is 7.58. The fourth-order valence-electron chi connectivity index (χ4n) is 3.63. The molecule has 0 bridgehead atoms. The monoisotopic (exact) mass is 316 g/mol. The van der Waals surface area contributed by atoms with Crippen molar-refractivity contribution in [1.82, 2.24) is 19.3 Å². The molecule has 1 aliphatic carbocycles. The predicted octanol–water partition coefficient (Wildman–Crippen LogP) is 1.83. The van der Waals surface area contributed by atoms with Crippen molar-refractivity contribution in [3.63, 3.8) is 0 Å². The van der Waals surface area contributed by atoms with Crippen LogP contribution in [0.4, 0.5) is 0 Å². The van der Waals surface area contributed by atoms with Crippen molar-refractivity contribution >= 4 is 21.8 Å². The molecule has 24 heavy (non-hydrogen) atoms. The van der Waals surface area contributed by atoms with Crippen LogP contribution in [0.5, 0.6) is 0 Å². The molecule has 2 aromatic carbocycles. The summed E-state index contributed by atoms with van der Waals surface area (Å²) in [7, 11) is 3.09. The fraction of sp³-hybridized carbons (Fsp3) is 0.111. The summed E-state index contributed by atoms with van der Waals surface area (Å²) in [6.07, 6.45) is 0. The average molecular weight is 316 g/mol. The molecule has 0 atom stereocenters. The van der Waals surface area contributed by atoms with Gasteiger partial charge in [0.05, 0.1) is 5.39 Å². The molecular formula is C18H12N4O2. The SMILES string of the molecule is Cn1c(=O)c2c3c(nnc2n(C)c1=O)-c1cccc2cccc-3c12. The summed E-state index contributed by atoms with van der Waals surface area (Å²) in [5.74, 6) is 0. The van der Waals surface area contributed by atoms with Crippen LogP contribution in [0.2, 0.25) is 0 Å². The van der Waals surface area contributed by atoms with Gasteiger partial charge in [-0.05, 0) is 16.3 Å². The molecule has 6 nitrogen and oxygen atoms in total. The molecule has 0 aliphatic heterocycles. The first-order chi connectivity index (χ1) is 11.6. The minimum atomic E-state index is -0.407. The van der Waals surface area contributed by atoms with E-state index in [0.29, 0.717) is 16.7 Å². The third-order valence-electron chi connectivity index (χ3n) is 4.79. The number of aryl methyl sites for hydroxylation is 1. The molecule has 0 spiro atoms. The van der Waals surface area contributed by atoms with Gasteiger partial charge in [-0.3, -0.25) is 13.9 Å². The first-order valence-corrected chi connectivity index (χ1v) is 7.58. The highest BCUT2D eigenvalue weighted by Gasteiger charge is 2.27. The molecule has 2 heterocycles. The molecule has 4 aromatic rings. The number of hydrogen-bond acceptors (Lipinski definition) is 4. The van der Waals surface area contributed by atoms with Crippen molar-refractivity contribution in [2.45, 2.75) is 0 Å². The van der Waals surface area contributed by atoms with E-state index in [2.05, 4.69) is 10.2 Å². The van der Waals surface area contributed by atoms with Crippen LogP contribution in [0.15, 0.2) is 46.0 Å². The van der Waals surface area contributed by atoms with E-state index < -0.39 is 5.69 Å². The van der Waals surface area contributed by atoms with Gasteiger partial charge in [-0.1, -0.05) is 36.4 Å². The first kappa shape index (κ1) is 13.2. The smallest absolute Gasteiger partial charge is 0.279 e. The highest BCUT2D eigenvalue weighted by Crippen LogP contribution is 2.47. The summed E-state index contributed by atoms with van der Waals surface area (Å²) >= 11 is 0. The van der Waals surface area contributed by atoms with Crippen LogP contribution < -0.4 is 11.2 Å². The quantitative estimate of drug-likeness (QED) is 0.437. The average Bonchev–Trinajstić information content (AvgIpc) is 2.94. The Bertz CT molecular complexity index is 1310. The van der Waals surface area contributed by atoms with E-state index in [1.165, 1.54) is 11.6 Å². The van der Waals surface area contributed by atoms with Crippen LogP contribution >= 0.6 is 0 Å². The number of nitrogens with zero attached hydrogens (tertiary/aromatic N) is 4. The third kappa shape index (κ3) is 1.36. The van der Waals surface area contributed by atoms with Gasteiger partial charge in [-0.25, -0.2) is 4.79 Å². The molecule has 116 valence electrons. The second-order valence-electron chi connectivity index (χ2n) is 6.04. The van der Waals surface area contributed by atoms with Crippen molar-refractivity contribution in [2.75, 3.05) is 0 Å². The van der Waals surface area contributed by atoms with E-state index in [4.69, 9.17) is 0 Å². The Balaban J connectivity index is 2.12. The summed E-state index contributed by atoms with van der Waals surface area (Å²) in [6.45, 7) is 0. The Kier molecular flexibility index (Phi) is 2.29. The maximum atomic E-state index is 12.8. The Labute approximate surface area is 135 Å². The van der Waals surface area contributed by atoms with Crippen molar-refractivity contribution in [1.29, 1.82) is 0 Å². The molecule has 0 unspecified atom stereocenters. The summed E-state index contributed by atoms with van der Waals surface area (Å²) < 4.78 is 2.49. The van der Waals surface area contributed by atoms with E-state index in [1.807, 2.05) is 36.4 Å². The molecule has 1 aliphatic rings. The summed E-state index contributed by atoms with van der Waals surface area (Å²) in [6, 6.07) is 12.0. The van der Waals surface area contributed by atoms with Crippen molar-refractivity contribution in [3.8, 4) is 22.4 Å². The van der Waals surface area contributed by atoms with E-state index in [0.717, 1.165) is 32.0 Å². The van der Waals surface area contributed by atoms with E-state index >= 15 is 0 Å². The van der Waals surface area contributed by atoms with Gasteiger partial charge in [0.2, 0.25) is 0 Å². The molecule has 5 rings (SSSR count). The maximum Gasteiger partial charge on any atom is 0.332 e. The lowest BCUT2D eigenvalue weighted by atomic mass is 10.0. The Morgan fingerprint density at radius 3 is 2.29 bits per heavy atom. The summed E-state index contributed by atoms with van der Waals surface area (Å²) in [4.78, 5) is 25.0. The summed E-state index contributed by atoms with van der Waals surface area (Å²) in [5.41, 5.74) is 2.97. The normalized spacial score (nSPS) is 12.1.